The molecule has 0 aliphatic heterocycles. The molecule has 1 aromatic heterocycles. The third-order valence-corrected chi connectivity index (χ3v) is 1.47. The van der Waals surface area contributed by atoms with Crippen molar-refractivity contribution in [2.75, 3.05) is 0 Å². The normalized spacial score (nSPS) is 9.12. The van der Waals surface area contributed by atoms with Crippen LogP contribution in [0, 0.1) is 0 Å². The Morgan fingerprint density at radius 2 is 2.62 bits per heavy atom. The molecule has 0 amide bonds. The maximum absolute atomic E-state index is 5.32. The molecule has 2 radical (unpaired) electrons. The number of rotatable bonds is 1. The molecule has 1 atom stereocenters. The first kappa shape index (κ1) is 6.05. The van der Waals surface area contributed by atoms with Crippen LogP contribution in [0.25, 0.3) is 0 Å². The minimum absolute atomic E-state index is 0.553. The average Bonchev–Trinajstić information content (AvgIpc) is 2.14. The Hall–Kier alpha value is -0.0751. The van der Waals surface area contributed by atoms with Crippen LogP contribution in [0.15, 0.2) is 6.07 Å². The Labute approximate surface area is 55.1 Å². The molecule has 1 rings (SSSR count). The highest BCUT2D eigenvalue weighted by atomic mass is 32.1. The van der Waals surface area contributed by atoms with Crippen molar-refractivity contribution in [1.82, 2.24) is 4.37 Å². The molecule has 1 unspecified atom stereocenters. The fourth-order valence-corrected chi connectivity index (χ4v) is 0.969. The van der Waals surface area contributed by atoms with Gasteiger partial charge in [0.1, 0.15) is 7.85 Å². The van der Waals surface area contributed by atoms with Crippen LogP contribution in [0.1, 0.15) is 0 Å². The van der Waals surface area contributed by atoms with Crippen molar-refractivity contribution < 1.29 is 4.52 Å². The minimum Gasteiger partial charge on any atom is -0.463 e. The topological polar surface area (TPSA) is 22.1 Å². The largest absolute Gasteiger partial charge is 0.463 e. The summed E-state index contributed by atoms with van der Waals surface area (Å²) in [5, 5.41) is 0. The summed E-state index contributed by atoms with van der Waals surface area (Å²) in [6.07, 6.45) is 0. The summed E-state index contributed by atoms with van der Waals surface area (Å²) < 4.78 is 9.15. The van der Waals surface area contributed by atoms with Crippen LogP contribution in [-0.2, 0) is 0 Å². The summed E-state index contributed by atoms with van der Waals surface area (Å²) in [6, 6.07) is 1.66. The van der Waals surface area contributed by atoms with E-state index in [2.05, 4.69) is 18.4 Å². The van der Waals surface area contributed by atoms with Crippen molar-refractivity contribution in [2.45, 2.75) is 0 Å². The Morgan fingerprint density at radius 1 is 1.88 bits per heavy atom. The van der Waals surface area contributed by atoms with E-state index in [9.17, 15) is 0 Å². The van der Waals surface area contributed by atoms with Crippen LogP contribution in [0.5, 0.6) is 5.88 Å². The highest BCUT2D eigenvalue weighted by Crippen LogP contribution is 2.07. The maximum atomic E-state index is 5.32. The zero-order chi connectivity index (χ0) is 5.98. The fourth-order valence-electron chi connectivity index (χ4n) is 0.328. The predicted molar refractivity (Wildman–Crippen MR) is 37.8 cm³/mol. The van der Waals surface area contributed by atoms with Crippen molar-refractivity contribution in [3.05, 3.63) is 6.07 Å². The van der Waals surface area contributed by atoms with Gasteiger partial charge in [-0.2, -0.15) is 4.37 Å². The van der Waals surface area contributed by atoms with Gasteiger partial charge in [0.05, 0.1) is 9.47 Å². The van der Waals surface area contributed by atoms with E-state index < -0.39 is 0 Å². The Morgan fingerprint density at radius 3 is 2.88 bits per heavy atom. The first-order chi connectivity index (χ1) is 3.83. The second kappa shape index (κ2) is 2.47. The standard InChI is InChI=1S/C3H3BNOPS/c4-2-1-3(6-7)5-8-2/h1H,7H2. The van der Waals surface area contributed by atoms with Gasteiger partial charge in [-0.05, 0) is 16.3 Å². The van der Waals surface area contributed by atoms with Crippen LogP contribution in [0.2, 0.25) is 0 Å². The summed E-state index contributed by atoms with van der Waals surface area (Å²) in [5.41, 5.74) is 0. The SMILES string of the molecule is [B]c1cc(OP)ns1. The molecule has 0 aliphatic carbocycles. The minimum atomic E-state index is 0.553. The van der Waals surface area contributed by atoms with Gasteiger partial charge in [-0.3, -0.25) is 0 Å². The molecule has 1 aromatic rings. The molecule has 0 aromatic carbocycles. The van der Waals surface area contributed by atoms with Crippen LogP contribution in [-0.4, -0.2) is 12.2 Å². The van der Waals surface area contributed by atoms with E-state index in [-0.39, 0.29) is 0 Å². The molecule has 0 saturated carbocycles. The number of aromatic nitrogens is 1. The number of hydrogen-bond donors (Lipinski definition) is 0. The number of nitrogens with zero attached hydrogens (tertiary/aromatic N) is 1. The van der Waals surface area contributed by atoms with Crippen molar-refractivity contribution in [2.24, 2.45) is 0 Å². The number of hydrogen-bond acceptors (Lipinski definition) is 3. The van der Waals surface area contributed by atoms with Crippen molar-refractivity contribution in [1.29, 1.82) is 0 Å². The molecule has 0 saturated heterocycles. The monoisotopic (exact) mass is 143 g/mol. The predicted octanol–water partition coefficient (Wildman–Crippen LogP) is 0.106. The van der Waals surface area contributed by atoms with Crippen molar-refractivity contribution >= 4 is 33.6 Å². The Kier molecular flexibility index (Phi) is 1.87. The van der Waals surface area contributed by atoms with E-state index in [1.807, 2.05) is 0 Å². The van der Waals surface area contributed by atoms with Gasteiger partial charge in [-0.1, -0.05) is 0 Å². The summed E-state index contributed by atoms with van der Waals surface area (Å²) in [6.45, 7) is 0. The molecule has 40 valence electrons. The lowest BCUT2D eigenvalue weighted by Crippen LogP contribution is -1.89. The molecule has 0 aliphatic rings. The summed E-state index contributed by atoms with van der Waals surface area (Å²) in [4.78, 5) is 0. The van der Waals surface area contributed by atoms with Gasteiger partial charge in [0.2, 0.25) is 5.88 Å². The molecular formula is C3H3BNOPS. The molecule has 5 heteroatoms. The average molecular weight is 143 g/mol. The van der Waals surface area contributed by atoms with Gasteiger partial charge >= 0.3 is 0 Å². The lowest BCUT2D eigenvalue weighted by atomic mass is 10.1. The molecule has 0 bridgehead atoms. The van der Waals surface area contributed by atoms with Crippen LogP contribution in [0.4, 0.5) is 0 Å². The van der Waals surface area contributed by atoms with E-state index in [0.29, 0.717) is 10.7 Å². The second-order valence-corrected chi connectivity index (χ2v) is 2.26. The zero-order valence-corrected chi connectivity index (χ0v) is 5.97. The maximum Gasteiger partial charge on any atom is 0.226 e. The van der Waals surface area contributed by atoms with Gasteiger partial charge in [-0.15, -0.1) is 0 Å². The first-order valence-electron chi connectivity index (χ1n) is 1.92. The van der Waals surface area contributed by atoms with Crippen molar-refractivity contribution in [3.8, 4) is 5.88 Å². The summed E-state index contributed by atoms with van der Waals surface area (Å²) in [5.74, 6) is 0.553. The molecule has 0 N–H and O–H groups in total. The fraction of sp³-hybridized carbons (Fsp3) is 0. The Balaban J connectivity index is 2.84. The van der Waals surface area contributed by atoms with Gasteiger partial charge in [-0.25, -0.2) is 0 Å². The quantitative estimate of drug-likeness (QED) is 0.411. The summed E-state index contributed by atoms with van der Waals surface area (Å²) >= 11 is 1.22. The molecule has 2 nitrogen and oxygen atoms in total. The summed E-state index contributed by atoms with van der Waals surface area (Å²) in [7, 11) is 7.42. The van der Waals surface area contributed by atoms with Gasteiger partial charge in [0, 0.05) is 6.07 Å². The third kappa shape index (κ3) is 1.20. The Bertz CT molecular complexity index is 180. The smallest absolute Gasteiger partial charge is 0.226 e. The lowest BCUT2D eigenvalue weighted by molar-refractivity contribution is 0.626. The van der Waals surface area contributed by atoms with Crippen LogP contribution >= 0.6 is 21.0 Å². The highest BCUT2D eigenvalue weighted by Gasteiger charge is 1.92. The molecule has 8 heavy (non-hydrogen) atoms. The van der Waals surface area contributed by atoms with Crippen LogP contribution < -0.4 is 9.30 Å². The molecule has 0 fully saturated rings. The first-order valence-corrected chi connectivity index (χ1v) is 3.16. The van der Waals surface area contributed by atoms with Crippen molar-refractivity contribution in [3.63, 3.8) is 0 Å². The van der Waals surface area contributed by atoms with E-state index in [1.165, 1.54) is 11.5 Å². The van der Waals surface area contributed by atoms with Gasteiger partial charge < -0.3 is 4.52 Å². The van der Waals surface area contributed by atoms with Gasteiger partial charge in [0.15, 0.2) is 0 Å². The second-order valence-electron chi connectivity index (χ2n) is 1.19. The van der Waals surface area contributed by atoms with E-state index in [0.717, 1.165) is 0 Å². The molecule has 0 spiro atoms. The van der Waals surface area contributed by atoms with E-state index >= 15 is 0 Å². The highest BCUT2D eigenvalue weighted by molar-refractivity contribution is 7.15. The van der Waals surface area contributed by atoms with E-state index in [1.54, 1.807) is 6.07 Å². The van der Waals surface area contributed by atoms with Crippen LogP contribution in [0.3, 0.4) is 0 Å². The molecule has 1 heterocycles. The lowest BCUT2D eigenvalue weighted by Gasteiger charge is -1.84. The third-order valence-electron chi connectivity index (χ3n) is 0.628. The zero-order valence-electron chi connectivity index (χ0n) is 4.00. The van der Waals surface area contributed by atoms with Gasteiger partial charge in [0.25, 0.3) is 0 Å². The molecular weight excluding hydrogens is 140 g/mol. The van der Waals surface area contributed by atoms with E-state index in [4.69, 9.17) is 7.85 Å².